The smallest absolute Gasteiger partial charge is 0.322 e. The lowest BCUT2D eigenvalue weighted by Gasteiger charge is -2.02. The molecule has 0 aliphatic carbocycles. The zero-order valence-electron chi connectivity index (χ0n) is 8.77. The van der Waals surface area contributed by atoms with Crippen LogP contribution in [0.5, 0.6) is 0 Å². The first-order valence-electron chi connectivity index (χ1n) is 4.60. The number of aromatic nitrogens is 3. The fourth-order valence-electron chi connectivity index (χ4n) is 1.12. The number of hydrogen-bond donors (Lipinski definition) is 2. The number of nitrogen functional groups attached to an aromatic ring is 1. The molecule has 0 fully saturated rings. The van der Waals surface area contributed by atoms with Crippen molar-refractivity contribution < 1.29 is 9.21 Å². The average Bonchev–Trinajstić information content (AvgIpc) is 2.67. The van der Waals surface area contributed by atoms with Gasteiger partial charge in [0.15, 0.2) is 0 Å². The molecule has 0 unspecified atom stereocenters. The number of hydrogen-bond acceptors (Lipinski definition) is 6. The van der Waals surface area contributed by atoms with Gasteiger partial charge in [-0.1, -0.05) is 16.7 Å². The molecule has 0 aliphatic rings. The van der Waals surface area contributed by atoms with Gasteiger partial charge in [0.05, 0.1) is 5.02 Å². The highest BCUT2D eigenvalue weighted by molar-refractivity contribution is 6.34. The molecule has 0 bridgehead atoms. The topological polar surface area (TPSA) is 107 Å². The molecule has 0 atom stereocenters. The molecule has 0 saturated heterocycles. The van der Waals surface area contributed by atoms with Crippen molar-refractivity contribution in [1.29, 1.82) is 0 Å². The Hall–Kier alpha value is -2.15. The zero-order valence-corrected chi connectivity index (χ0v) is 9.52. The van der Waals surface area contributed by atoms with E-state index < -0.39 is 5.91 Å². The Bertz CT molecular complexity index is 568. The van der Waals surface area contributed by atoms with Crippen LogP contribution < -0.4 is 11.1 Å². The summed E-state index contributed by atoms with van der Waals surface area (Å²) < 4.78 is 4.99. The number of anilines is 2. The Kier molecular flexibility index (Phi) is 2.92. The lowest BCUT2D eigenvalue weighted by molar-refractivity contribution is 0.101. The maximum Gasteiger partial charge on any atom is 0.322 e. The van der Waals surface area contributed by atoms with E-state index in [0.717, 1.165) is 0 Å². The third-order valence-electron chi connectivity index (χ3n) is 1.83. The van der Waals surface area contributed by atoms with E-state index in [1.165, 1.54) is 12.1 Å². The van der Waals surface area contributed by atoms with Gasteiger partial charge in [0.2, 0.25) is 5.89 Å². The number of aryl methyl sites for hydroxylation is 1. The number of pyridine rings is 1. The Labute approximate surface area is 101 Å². The summed E-state index contributed by atoms with van der Waals surface area (Å²) >= 11 is 5.82. The van der Waals surface area contributed by atoms with Crippen molar-refractivity contribution in [3.8, 4) is 0 Å². The minimum absolute atomic E-state index is 0.00233. The lowest BCUT2D eigenvalue weighted by Crippen LogP contribution is -2.15. The van der Waals surface area contributed by atoms with Crippen LogP contribution in [0, 0.1) is 6.92 Å². The highest BCUT2D eigenvalue weighted by Crippen LogP contribution is 2.16. The highest BCUT2D eigenvalue weighted by Gasteiger charge is 2.15. The first-order chi connectivity index (χ1) is 8.06. The number of carbonyl (C=O) groups is 1. The molecule has 0 radical (unpaired) electrons. The third-order valence-corrected chi connectivity index (χ3v) is 2.13. The maximum atomic E-state index is 11.8. The molecule has 0 spiro atoms. The molecular formula is C9H8ClN5O2. The molecule has 1 amide bonds. The van der Waals surface area contributed by atoms with Gasteiger partial charge in [0.25, 0.3) is 5.91 Å². The van der Waals surface area contributed by atoms with Gasteiger partial charge in [-0.2, -0.15) is 0 Å². The number of halogens is 1. The predicted molar refractivity (Wildman–Crippen MR) is 60.6 cm³/mol. The zero-order chi connectivity index (χ0) is 12.4. The number of carbonyl (C=O) groups excluding carboxylic acids is 1. The average molecular weight is 254 g/mol. The largest absolute Gasteiger partial charge is 0.408 e. The fraction of sp³-hybridized carbons (Fsp3) is 0.111. The summed E-state index contributed by atoms with van der Waals surface area (Å²) in [4.78, 5) is 15.6. The van der Waals surface area contributed by atoms with Crippen molar-refractivity contribution in [1.82, 2.24) is 15.2 Å². The van der Waals surface area contributed by atoms with Crippen LogP contribution in [0.4, 0.5) is 11.8 Å². The maximum absolute atomic E-state index is 11.8. The summed E-state index contributed by atoms with van der Waals surface area (Å²) in [7, 11) is 0. The standard InChI is InChI=1S/C9H8ClN5O2/c1-4-14-15-9(17-4)13-8(16)7-5(10)2-3-6(11)12-7/h2-3H,1H3,(H2,11,12)(H,13,15,16). The lowest BCUT2D eigenvalue weighted by atomic mass is 10.3. The molecule has 2 rings (SSSR count). The van der Waals surface area contributed by atoms with Crippen molar-refractivity contribution in [2.75, 3.05) is 11.1 Å². The van der Waals surface area contributed by atoms with Crippen LogP contribution in [0.15, 0.2) is 16.5 Å². The minimum atomic E-state index is -0.564. The molecule has 0 aliphatic heterocycles. The molecular weight excluding hydrogens is 246 g/mol. The summed E-state index contributed by atoms with van der Waals surface area (Å²) in [6.45, 7) is 1.61. The van der Waals surface area contributed by atoms with E-state index in [-0.39, 0.29) is 22.5 Å². The number of nitrogens with zero attached hydrogens (tertiary/aromatic N) is 3. The van der Waals surface area contributed by atoms with Crippen molar-refractivity contribution >= 4 is 29.3 Å². The van der Waals surface area contributed by atoms with Crippen LogP contribution in [0.2, 0.25) is 5.02 Å². The molecule has 2 heterocycles. The minimum Gasteiger partial charge on any atom is -0.408 e. The van der Waals surface area contributed by atoms with Crippen LogP contribution in [-0.4, -0.2) is 21.1 Å². The summed E-state index contributed by atoms with van der Waals surface area (Å²) in [5, 5.41) is 9.73. The van der Waals surface area contributed by atoms with Gasteiger partial charge in [-0.15, -0.1) is 5.10 Å². The molecule has 0 saturated carbocycles. The number of rotatable bonds is 2. The second kappa shape index (κ2) is 4.38. The molecule has 7 nitrogen and oxygen atoms in total. The predicted octanol–water partition coefficient (Wildman–Crippen LogP) is 1.26. The van der Waals surface area contributed by atoms with E-state index in [1.54, 1.807) is 6.92 Å². The van der Waals surface area contributed by atoms with Gasteiger partial charge in [-0.05, 0) is 12.1 Å². The highest BCUT2D eigenvalue weighted by atomic mass is 35.5. The fourth-order valence-corrected chi connectivity index (χ4v) is 1.31. The monoisotopic (exact) mass is 253 g/mol. The van der Waals surface area contributed by atoms with Crippen molar-refractivity contribution in [2.45, 2.75) is 6.92 Å². The second-order valence-corrected chi connectivity index (χ2v) is 3.55. The molecule has 2 aromatic rings. The van der Waals surface area contributed by atoms with E-state index in [0.29, 0.717) is 5.89 Å². The summed E-state index contributed by atoms with van der Waals surface area (Å²) in [6.07, 6.45) is 0. The van der Waals surface area contributed by atoms with Crippen molar-refractivity contribution in [3.63, 3.8) is 0 Å². The molecule has 8 heteroatoms. The van der Waals surface area contributed by atoms with Gasteiger partial charge in [-0.25, -0.2) is 4.98 Å². The van der Waals surface area contributed by atoms with Gasteiger partial charge >= 0.3 is 6.01 Å². The van der Waals surface area contributed by atoms with Crippen molar-refractivity contribution in [2.24, 2.45) is 0 Å². The van der Waals surface area contributed by atoms with Crippen LogP contribution >= 0.6 is 11.6 Å². The first kappa shape index (κ1) is 11.3. The number of amides is 1. The van der Waals surface area contributed by atoms with Gasteiger partial charge in [0, 0.05) is 6.92 Å². The third kappa shape index (κ3) is 2.51. The molecule has 17 heavy (non-hydrogen) atoms. The van der Waals surface area contributed by atoms with Crippen LogP contribution in [0.3, 0.4) is 0 Å². The van der Waals surface area contributed by atoms with Crippen molar-refractivity contribution in [3.05, 3.63) is 28.7 Å². The second-order valence-electron chi connectivity index (χ2n) is 3.15. The quantitative estimate of drug-likeness (QED) is 0.834. The molecule has 2 aromatic heterocycles. The summed E-state index contributed by atoms with van der Waals surface area (Å²) in [5.74, 6) is -0.0286. The number of nitrogens with two attached hydrogens (primary N) is 1. The van der Waals surface area contributed by atoms with Gasteiger partial charge < -0.3 is 10.2 Å². The van der Waals surface area contributed by atoms with E-state index in [1.807, 2.05) is 0 Å². The first-order valence-corrected chi connectivity index (χ1v) is 4.97. The van der Waals surface area contributed by atoms with Crippen LogP contribution in [0.25, 0.3) is 0 Å². The van der Waals surface area contributed by atoms with Crippen LogP contribution in [-0.2, 0) is 0 Å². The van der Waals surface area contributed by atoms with E-state index in [9.17, 15) is 4.79 Å². The Morgan fingerprint density at radius 3 is 2.88 bits per heavy atom. The van der Waals surface area contributed by atoms with E-state index in [2.05, 4.69) is 20.5 Å². The van der Waals surface area contributed by atoms with Crippen LogP contribution in [0.1, 0.15) is 16.4 Å². The van der Waals surface area contributed by atoms with E-state index in [4.69, 9.17) is 21.8 Å². The summed E-state index contributed by atoms with van der Waals surface area (Å²) in [6, 6.07) is 2.96. The SMILES string of the molecule is Cc1nnc(NC(=O)c2nc(N)ccc2Cl)o1. The molecule has 88 valence electrons. The normalized spacial score (nSPS) is 10.2. The Morgan fingerprint density at radius 2 is 2.24 bits per heavy atom. The molecule has 3 N–H and O–H groups in total. The number of nitrogens with one attached hydrogen (secondary N) is 1. The Morgan fingerprint density at radius 1 is 1.47 bits per heavy atom. The Balaban J connectivity index is 2.22. The summed E-state index contributed by atoms with van der Waals surface area (Å²) in [5.41, 5.74) is 5.46. The van der Waals surface area contributed by atoms with E-state index >= 15 is 0 Å². The molecule has 0 aromatic carbocycles. The van der Waals surface area contributed by atoms with Gasteiger partial charge in [0.1, 0.15) is 11.5 Å². The van der Waals surface area contributed by atoms with Gasteiger partial charge in [-0.3, -0.25) is 10.1 Å².